The molecule has 3 nitrogen and oxygen atoms in total. The van der Waals surface area contributed by atoms with Gasteiger partial charge < -0.3 is 14.5 Å². The molecule has 1 aromatic rings. The van der Waals surface area contributed by atoms with E-state index in [1.807, 2.05) is 19.1 Å². The van der Waals surface area contributed by atoms with Gasteiger partial charge in [-0.3, -0.25) is 0 Å². The number of ether oxygens (including phenoxy) is 1. The lowest BCUT2D eigenvalue weighted by Crippen LogP contribution is -2.28. The van der Waals surface area contributed by atoms with Crippen LogP contribution in [0.25, 0.3) is 0 Å². The number of hydrogen-bond acceptors (Lipinski definition) is 3. The lowest BCUT2D eigenvalue weighted by molar-refractivity contribution is 0.144. The maximum absolute atomic E-state index is 5.29. The zero-order valence-corrected chi connectivity index (χ0v) is 10.4. The molecule has 1 aromatic heterocycles. The molecule has 0 spiro atoms. The van der Waals surface area contributed by atoms with E-state index in [-0.39, 0.29) is 0 Å². The molecule has 1 heterocycles. The lowest BCUT2D eigenvalue weighted by atomic mass is 10.1. The first-order valence-corrected chi connectivity index (χ1v) is 6.16. The van der Waals surface area contributed by atoms with Crippen LogP contribution in [0.2, 0.25) is 0 Å². The van der Waals surface area contributed by atoms with Gasteiger partial charge in [0.1, 0.15) is 5.76 Å². The molecule has 1 rings (SSSR count). The van der Waals surface area contributed by atoms with E-state index in [0.29, 0.717) is 6.04 Å². The van der Waals surface area contributed by atoms with Crippen molar-refractivity contribution in [3.05, 3.63) is 24.2 Å². The van der Waals surface area contributed by atoms with Crippen LogP contribution >= 0.6 is 0 Å². The van der Waals surface area contributed by atoms with Gasteiger partial charge in [0, 0.05) is 25.7 Å². The summed E-state index contributed by atoms with van der Waals surface area (Å²) in [5, 5.41) is 3.48. The van der Waals surface area contributed by atoms with Crippen molar-refractivity contribution in [1.82, 2.24) is 5.32 Å². The molecule has 16 heavy (non-hydrogen) atoms. The predicted molar refractivity (Wildman–Crippen MR) is 65.6 cm³/mol. The van der Waals surface area contributed by atoms with E-state index in [1.165, 1.54) is 0 Å². The maximum atomic E-state index is 5.29. The van der Waals surface area contributed by atoms with Gasteiger partial charge in [-0.25, -0.2) is 0 Å². The minimum atomic E-state index is 0.534. The number of nitrogens with one attached hydrogen (secondary N) is 1. The molecule has 0 aliphatic rings. The standard InChI is InChI=1S/C13H23NO2/c1-3-15-10-5-9-14-12(2)7-8-13-6-4-11-16-13/h4,6,11-12,14H,3,5,7-10H2,1-2H3. The van der Waals surface area contributed by atoms with Gasteiger partial charge in [0.05, 0.1) is 6.26 Å². The van der Waals surface area contributed by atoms with Crippen LogP contribution in [0.15, 0.2) is 22.8 Å². The number of furan rings is 1. The van der Waals surface area contributed by atoms with Crippen LogP contribution in [0.5, 0.6) is 0 Å². The van der Waals surface area contributed by atoms with Crippen molar-refractivity contribution < 1.29 is 9.15 Å². The Bertz CT molecular complexity index is 246. The van der Waals surface area contributed by atoms with Gasteiger partial charge in [0.25, 0.3) is 0 Å². The minimum absolute atomic E-state index is 0.534. The van der Waals surface area contributed by atoms with Crippen LogP contribution in [0, 0.1) is 0 Å². The van der Waals surface area contributed by atoms with Gasteiger partial charge >= 0.3 is 0 Å². The molecule has 0 amide bonds. The quantitative estimate of drug-likeness (QED) is 0.656. The first-order valence-electron chi connectivity index (χ1n) is 6.16. The summed E-state index contributed by atoms with van der Waals surface area (Å²) in [6.45, 7) is 6.94. The van der Waals surface area contributed by atoms with Crippen molar-refractivity contribution >= 4 is 0 Å². The van der Waals surface area contributed by atoms with Gasteiger partial charge in [-0.2, -0.15) is 0 Å². The molecule has 92 valence electrons. The zero-order chi connectivity index (χ0) is 11.6. The van der Waals surface area contributed by atoms with E-state index in [1.54, 1.807) is 6.26 Å². The lowest BCUT2D eigenvalue weighted by Gasteiger charge is -2.12. The van der Waals surface area contributed by atoms with Crippen molar-refractivity contribution in [3.63, 3.8) is 0 Å². The van der Waals surface area contributed by atoms with Crippen molar-refractivity contribution in [2.45, 2.75) is 39.2 Å². The second kappa shape index (κ2) is 8.36. The van der Waals surface area contributed by atoms with Crippen LogP contribution in [0.3, 0.4) is 0 Å². The van der Waals surface area contributed by atoms with Gasteiger partial charge in [0.15, 0.2) is 0 Å². The summed E-state index contributed by atoms with van der Waals surface area (Å²) in [7, 11) is 0. The average molecular weight is 225 g/mol. The average Bonchev–Trinajstić information content (AvgIpc) is 2.79. The first-order chi connectivity index (χ1) is 7.83. The number of rotatable bonds is 9. The van der Waals surface area contributed by atoms with E-state index in [9.17, 15) is 0 Å². The Morgan fingerprint density at radius 1 is 1.50 bits per heavy atom. The second-order valence-electron chi connectivity index (χ2n) is 4.02. The van der Waals surface area contributed by atoms with E-state index in [0.717, 1.165) is 44.8 Å². The molecule has 0 saturated heterocycles. The van der Waals surface area contributed by atoms with Crippen LogP contribution in [-0.2, 0) is 11.2 Å². The summed E-state index contributed by atoms with van der Waals surface area (Å²) in [6.07, 6.45) is 4.93. The predicted octanol–water partition coefficient (Wildman–Crippen LogP) is 2.62. The molecule has 0 aliphatic heterocycles. The van der Waals surface area contributed by atoms with Crippen LogP contribution < -0.4 is 5.32 Å². The fourth-order valence-corrected chi connectivity index (χ4v) is 1.58. The maximum Gasteiger partial charge on any atom is 0.103 e. The second-order valence-corrected chi connectivity index (χ2v) is 4.02. The number of hydrogen-bond donors (Lipinski definition) is 1. The van der Waals surface area contributed by atoms with Crippen molar-refractivity contribution in [1.29, 1.82) is 0 Å². The summed E-state index contributed by atoms with van der Waals surface area (Å²) < 4.78 is 10.6. The van der Waals surface area contributed by atoms with E-state index >= 15 is 0 Å². The fourth-order valence-electron chi connectivity index (χ4n) is 1.58. The van der Waals surface area contributed by atoms with E-state index in [4.69, 9.17) is 9.15 Å². The van der Waals surface area contributed by atoms with Crippen molar-refractivity contribution in [2.75, 3.05) is 19.8 Å². The van der Waals surface area contributed by atoms with Gasteiger partial charge in [-0.1, -0.05) is 0 Å². The molecule has 0 aliphatic carbocycles. The Morgan fingerprint density at radius 3 is 3.06 bits per heavy atom. The van der Waals surface area contributed by atoms with Crippen molar-refractivity contribution in [3.8, 4) is 0 Å². The smallest absolute Gasteiger partial charge is 0.103 e. The summed E-state index contributed by atoms with van der Waals surface area (Å²) in [5.74, 6) is 1.07. The summed E-state index contributed by atoms with van der Waals surface area (Å²) in [4.78, 5) is 0. The van der Waals surface area contributed by atoms with Crippen molar-refractivity contribution in [2.24, 2.45) is 0 Å². The topological polar surface area (TPSA) is 34.4 Å². The van der Waals surface area contributed by atoms with E-state index < -0.39 is 0 Å². The van der Waals surface area contributed by atoms with Crippen LogP contribution in [0.1, 0.15) is 32.4 Å². The molecular formula is C13H23NO2. The molecule has 0 radical (unpaired) electrons. The molecule has 1 N–H and O–H groups in total. The highest BCUT2D eigenvalue weighted by molar-refractivity contribution is 4.98. The minimum Gasteiger partial charge on any atom is -0.469 e. The SMILES string of the molecule is CCOCCCNC(C)CCc1ccco1. The Balaban J connectivity index is 1.96. The Labute approximate surface area is 98.2 Å². The third-order valence-corrected chi connectivity index (χ3v) is 2.57. The summed E-state index contributed by atoms with van der Waals surface area (Å²) in [6, 6.07) is 4.50. The van der Waals surface area contributed by atoms with Gasteiger partial charge in [-0.05, 0) is 45.4 Å². The third-order valence-electron chi connectivity index (χ3n) is 2.57. The zero-order valence-electron chi connectivity index (χ0n) is 10.4. The third kappa shape index (κ3) is 5.93. The van der Waals surface area contributed by atoms with E-state index in [2.05, 4.69) is 12.2 Å². The monoisotopic (exact) mass is 225 g/mol. The Kier molecular flexibility index (Phi) is 6.93. The fraction of sp³-hybridized carbons (Fsp3) is 0.692. The molecule has 0 fully saturated rings. The molecule has 0 bridgehead atoms. The molecular weight excluding hydrogens is 202 g/mol. The highest BCUT2D eigenvalue weighted by atomic mass is 16.5. The summed E-state index contributed by atoms with van der Waals surface area (Å²) in [5.41, 5.74) is 0. The molecule has 1 atom stereocenters. The molecule has 1 unspecified atom stereocenters. The number of aryl methyl sites for hydroxylation is 1. The van der Waals surface area contributed by atoms with Gasteiger partial charge in [0.2, 0.25) is 0 Å². The summed E-state index contributed by atoms with van der Waals surface area (Å²) >= 11 is 0. The normalized spacial score (nSPS) is 12.9. The Hall–Kier alpha value is -0.800. The first kappa shape index (κ1) is 13.3. The Morgan fingerprint density at radius 2 is 2.38 bits per heavy atom. The largest absolute Gasteiger partial charge is 0.469 e. The highest BCUT2D eigenvalue weighted by Gasteiger charge is 2.02. The highest BCUT2D eigenvalue weighted by Crippen LogP contribution is 2.05. The van der Waals surface area contributed by atoms with Crippen LogP contribution in [-0.4, -0.2) is 25.8 Å². The molecule has 0 saturated carbocycles. The van der Waals surface area contributed by atoms with Gasteiger partial charge in [-0.15, -0.1) is 0 Å². The molecule has 3 heteroatoms. The van der Waals surface area contributed by atoms with Crippen LogP contribution in [0.4, 0.5) is 0 Å². The molecule has 0 aromatic carbocycles.